The van der Waals surface area contributed by atoms with Crippen LogP contribution in [0.3, 0.4) is 0 Å². The Kier molecular flexibility index (Phi) is 3.91. The van der Waals surface area contributed by atoms with Gasteiger partial charge in [-0.15, -0.1) is 0 Å². The number of benzene rings is 1. The first kappa shape index (κ1) is 14.3. The number of nitro groups is 1. The second-order valence-corrected chi connectivity index (χ2v) is 5.43. The van der Waals surface area contributed by atoms with Gasteiger partial charge in [0, 0.05) is 18.2 Å². The van der Waals surface area contributed by atoms with E-state index in [2.05, 4.69) is 10.2 Å². The van der Waals surface area contributed by atoms with Crippen LogP contribution in [0.25, 0.3) is 0 Å². The second kappa shape index (κ2) is 5.47. The lowest BCUT2D eigenvalue weighted by Crippen LogP contribution is -2.54. The fourth-order valence-electron chi connectivity index (χ4n) is 2.53. The van der Waals surface area contributed by atoms with Crippen molar-refractivity contribution in [3.05, 3.63) is 33.9 Å². The summed E-state index contributed by atoms with van der Waals surface area (Å²) >= 11 is 0. The van der Waals surface area contributed by atoms with Crippen molar-refractivity contribution in [2.75, 3.05) is 26.0 Å². The lowest BCUT2D eigenvalue weighted by Gasteiger charge is -2.47. The number of nitro benzene ring substituents is 1. The third kappa shape index (κ3) is 2.58. The van der Waals surface area contributed by atoms with Gasteiger partial charge in [0.25, 0.3) is 5.69 Å². The molecule has 0 bridgehead atoms. The van der Waals surface area contributed by atoms with Gasteiger partial charge in [0.15, 0.2) is 0 Å². The topological polar surface area (TPSA) is 82.2 Å². The molecule has 0 amide bonds. The van der Waals surface area contributed by atoms with E-state index in [1.54, 1.807) is 6.07 Å². The number of nitrogens with one attached hydrogen (secondary N) is 1. The largest absolute Gasteiger partial charge is 0.378 e. The summed E-state index contributed by atoms with van der Waals surface area (Å²) in [6.07, 6.45) is 3.34. The summed E-state index contributed by atoms with van der Waals surface area (Å²) < 4.78 is 0. The van der Waals surface area contributed by atoms with E-state index in [9.17, 15) is 10.1 Å². The lowest BCUT2D eigenvalue weighted by atomic mass is 9.75. The summed E-state index contributed by atoms with van der Waals surface area (Å²) in [6.45, 7) is 0.649. The summed E-state index contributed by atoms with van der Waals surface area (Å²) in [4.78, 5) is 12.8. The molecule has 0 spiro atoms. The molecule has 0 saturated heterocycles. The Morgan fingerprint density at radius 1 is 1.50 bits per heavy atom. The smallest absolute Gasteiger partial charge is 0.292 e. The van der Waals surface area contributed by atoms with Gasteiger partial charge < -0.3 is 10.2 Å². The van der Waals surface area contributed by atoms with Crippen molar-refractivity contribution in [3.63, 3.8) is 0 Å². The first-order chi connectivity index (χ1) is 9.48. The first-order valence-corrected chi connectivity index (χ1v) is 6.58. The Balaban J connectivity index is 2.20. The Bertz CT molecular complexity index is 559. The van der Waals surface area contributed by atoms with Gasteiger partial charge in [-0.3, -0.25) is 10.1 Å². The highest BCUT2D eigenvalue weighted by Crippen LogP contribution is 2.37. The van der Waals surface area contributed by atoms with E-state index in [1.807, 2.05) is 20.2 Å². The van der Waals surface area contributed by atoms with E-state index in [0.717, 1.165) is 12.8 Å². The van der Waals surface area contributed by atoms with Crippen LogP contribution in [0.1, 0.15) is 24.8 Å². The Labute approximate surface area is 118 Å². The molecule has 0 heterocycles. The first-order valence-electron chi connectivity index (χ1n) is 6.58. The highest BCUT2D eigenvalue weighted by Gasteiger charge is 2.39. The molecule has 2 rings (SSSR count). The average Bonchev–Trinajstić information content (AvgIpc) is 2.36. The van der Waals surface area contributed by atoms with Crippen LogP contribution in [-0.2, 0) is 0 Å². The number of rotatable bonds is 5. The number of nitrogens with zero attached hydrogens (tertiary/aromatic N) is 3. The summed E-state index contributed by atoms with van der Waals surface area (Å²) in [5.41, 5.74) is 0.918. The van der Waals surface area contributed by atoms with E-state index < -0.39 is 4.92 Å². The normalized spacial score (nSPS) is 16.3. The highest BCUT2D eigenvalue weighted by atomic mass is 16.6. The molecule has 6 nitrogen and oxygen atoms in total. The predicted octanol–water partition coefficient (Wildman–Crippen LogP) is 2.36. The lowest BCUT2D eigenvalue weighted by molar-refractivity contribution is -0.384. The number of hydrogen-bond donors (Lipinski definition) is 1. The minimum atomic E-state index is -0.424. The molecule has 6 heteroatoms. The Hall–Kier alpha value is -2.13. The molecule has 1 aromatic carbocycles. The zero-order valence-electron chi connectivity index (χ0n) is 11.7. The van der Waals surface area contributed by atoms with E-state index in [1.165, 1.54) is 18.6 Å². The molecule has 1 aliphatic rings. The average molecular weight is 274 g/mol. The molecule has 1 fully saturated rings. The zero-order valence-corrected chi connectivity index (χ0v) is 11.7. The van der Waals surface area contributed by atoms with E-state index in [4.69, 9.17) is 5.26 Å². The maximum atomic E-state index is 11.0. The predicted molar refractivity (Wildman–Crippen MR) is 76.6 cm³/mol. The quantitative estimate of drug-likeness (QED) is 0.658. The molecule has 1 saturated carbocycles. The van der Waals surface area contributed by atoms with Crippen LogP contribution >= 0.6 is 0 Å². The van der Waals surface area contributed by atoms with Crippen molar-refractivity contribution in [1.82, 2.24) is 4.90 Å². The van der Waals surface area contributed by atoms with Crippen molar-refractivity contribution < 1.29 is 4.92 Å². The van der Waals surface area contributed by atoms with Gasteiger partial charge in [-0.1, -0.05) is 0 Å². The van der Waals surface area contributed by atoms with Crippen LogP contribution in [0.2, 0.25) is 0 Å². The van der Waals surface area contributed by atoms with Gasteiger partial charge in [-0.25, -0.2) is 0 Å². The van der Waals surface area contributed by atoms with Crippen molar-refractivity contribution in [3.8, 4) is 6.07 Å². The molecule has 0 aromatic heterocycles. The van der Waals surface area contributed by atoms with E-state index in [-0.39, 0.29) is 11.2 Å². The van der Waals surface area contributed by atoms with Crippen LogP contribution in [-0.4, -0.2) is 36.0 Å². The van der Waals surface area contributed by atoms with Crippen LogP contribution in [0, 0.1) is 21.4 Å². The van der Waals surface area contributed by atoms with Crippen LogP contribution in [0.5, 0.6) is 0 Å². The van der Waals surface area contributed by atoms with E-state index >= 15 is 0 Å². The molecule has 1 N–H and O–H groups in total. The van der Waals surface area contributed by atoms with Crippen molar-refractivity contribution >= 4 is 11.4 Å². The Morgan fingerprint density at radius 2 is 2.20 bits per heavy atom. The monoisotopic (exact) mass is 274 g/mol. The molecular weight excluding hydrogens is 256 g/mol. The summed E-state index contributed by atoms with van der Waals surface area (Å²) in [6, 6.07) is 6.40. The molecule has 1 aromatic rings. The SMILES string of the molecule is CN(C)C1(CNc2cc(C#N)ccc2[N+](=O)[O-])CCC1. The standard InChI is InChI=1S/C14H18N4O2/c1-17(2)14(6-3-7-14)10-16-12-8-11(9-15)4-5-13(12)18(19)20/h4-5,8,16H,3,6-7,10H2,1-2H3. The summed E-state index contributed by atoms with van der Waals surface area (Å²) in [7, 11) is 4.06. The fraction of sp³-hybridized carbons (Fsp3) is 0.500. The van der Waals surface area contributed by atoms with Crippen molar-refractivity contribution in [2.45, 2.75) is 24.8 Å². The maximum absolute atomic E-state index is 11.0. The summed E-state index contributed by atoms with van der Waals surface area (Å²) in [5.74, 6) is 0. The minimum absolute atomic E-state index is 0.0113. The van der Waals surface area contributed by atoms with Gasteiger partial charge in [0.1, 0.15) is 5.69 Å². The summed E-state index contributed by atoms with van der Waals surface area (Å²) in [5, 5.41) is 23.1. The Morgan fingerprint density at radius 3 is 2.65 bits per heavy atom. The molecule has 106 valence electrons. The van der Waals surface area contributed by atoms with E-state index in [0.29, 0.717) is 17.8 Å². The van der Waals surface area contributed by atoms with Crippen molar-refractivity contribution in [2.24, 2.45) is 0 Å². The molecule has 0 unspecified atom stereocenters. The highest BCUT2D eigenvalue weighted by molar-refractivity contribution is 5.64. The molecule has 0 aliphatic heterocycles. The van der Waals surface area contributed by atoms with Crippen LogP contribution < -0.4 is 5.32 Å². The number of anilines is 1. The molecule has 0 radical (unpaired) electrons. The van der Waals surface area contributed by atoms with Gasteiger partial charge in [-0.2, -0.15) is 5.26 Å². The molecule has 1 aliphatic carbocycles. The molecule has 0 atom stereocenters. The second-order valence-electron chi connectivity index (χ2n) is 5.43. The number of likely N-dealkylation sites (N-methyl/N-ethyl adjacent to an activating group) is 1. The third-order valence-electron chi connectivity index (χ3n) is 4.16. The maximum Gasteiger partial charge on any atom is 0.292 e. The van der Waals surface area contributed by atoms with Gasteiger partial charge in [0.05, 0.1) is 16.6 Å². The fourth-order valence-corrected chi connectivity index (χ4v) is 2.53. The van der Waals surface area contributed by atoms with Crippen LogP contribution in [0.15, 0.2) is 18.2 Å². The third-order valence-corrected chi connectivity index (χ3v) is 4.16. The number of nitriles is 1. The minimum Gasteiger partial charge on any atom is -0.378 e. The van der Waals surface area contributed by atoms with Crippen molar-refractivity contribution in [1.29, 1.82) is 5.26 Å². The molecule has 20 heavy (non-hydrogen) atoms. The zero-order chi connectivity index (χ0) is 14.8. The van der Waals surface area contributed by atoms with Crippen LogP contribution in [0.4, 0.5) is 11.4 Å². The van der Waals surface area contributed by atoms with Gasteiger partial charge >= 0.3 is 0 Å². The molecular formula is C14H18N4O2. The number of hydrogen-bond acceptors (Lipinski definition) is 5. The van der Waals surface area contributed by atoms with Gasteiger partial charge in [-0.05, 0) is 45.5 Å². The van der Waals surface area contributed by atoms with Gasteiger partial charge in [0.2, 0.25) is 0 Å².